The van der Waals surface area contributed by atoms with E-state index in [1.807, 2.05) is 6.92 Å². The first kappa shape index (κ1) is 16.4. The van der Waals surface area contributed by atoms with Gasteiger partial charge in [-0.1, -0.05) is 34.6 Å². The van der Waals surface area contributed by atoms with Crippen LogP contribution in [0.25, 0.3) is 0 Å². The molecular weight excluding hydrogens is 214 g/mol. The van der Waals surface area contributed by atoms with Crippen molar-refractivity contribution in [1.82, 2.24) is 5.32 Å². The molecule has 0 fully saturated rings. The van der Waals surface area contributed by atoms with Gasteiger partial charge in [0.05, 0.1) is 6.10 Å². The van der Waals surface area contributed by atoms with Crippen LogP contribution in [-0.4, -0.2) is 23.7 Å². The van der Waals surface area contributed by atoms with Gasteiger partial charge in [0.15, 0.2) is 0 Å². The Balaban J connectivity index is 3.72. The Morgan fingerprint density at radius 1 is 1.35 bits per heavy atom. The van der Waals surface area contributed by atoms with Crippen molar-refractivity contribution in [2.75, 3.05) is 6.54 Å². The van der Waals surface area contributed by atoms with Crippen molar-refractivity contribution in [2.24, 2.45) is 11.3 Å². The first-order valence-electron chi connectivity index (χ1n) is 6.69. The molecule has 0 aromatic rings. The highest BCUT2D eigenvalue weighted by atomic mass is 16.3. The second-order valence-electron chi connectivity index (χ2n) is 6.27. The molecule has 0 aromatic carbocycles. The van der Waals surface area contributed by atoms with Crippen molar-refractivity contribution >= 4 is 5.91 Å². The molecule has 17 heavy (non-hydrogen) atoms. The quantitative estimate of drug-likeness (QED) is 0.722. The average molecular weight is 243 g/mol. The van der Waals surface area contributed by atoms with Crippen molar-refractivity contribution in [3.8, 4) is 0 Å². The molecule has 3 nitrogen and oxygen atoms in total. The largest absolute Gasteiger partial charge is 0.393 e. The van der Waals surface area contributed by atoms with E-state index in [2.05, 4.69) is 33.0 Å². The predicted molar refractivity (Wildman–Crippen MR) is 71.8 cm³/mol. The van der Waals surface area contributed by atoms with Crippen molar-refractivity contribution in [3.05, 3.63) is 0 Å². The molecule has 0 bridgehead atoms. The number of hydrogen-bond donors (Lipinski definition) is 2. The minimum Gasteiger partial charge on any atom is -0.393 e. The van der Waals surface area contributed by atoms with E-state index in [4.69, 9.17) is 0 Å². The van der Waals surface area contributed by atoms with Crippen LogP contribution in [0.3, 0.4) is 0 Å². The van der Waals surface area contributed by atoms with Gasteiger partial charge in [0.25, 0.3) is 0 Å². The smallest absolute Gasteiger partial charge is 0.220 e. The molecule has 0 aliphatic heterocycles. The minimum absolute atomic E-state index is 0.102. The topological polar surface area (TPSA) is 49.3 Å². The fourth-order valence-corrected chi connectivity index (χ4v) is 2.09. The number of nitrogens with one attached hydrogen (secondary N) is 1. The molecule has 0 aliphatic rings. The predicted octanol–water partition coefficient (Wildman–Crippen LogP) is 2.73. The van der Waals surface area contributed by atoms with Crippen molar-refractivity contribution in [3.63, 3.8) is 0 Å². The summed E-state index contributed by atoms with van der Waals surface area (Å²) < 4.78 is 0. The summed E-state index contributed by atoms with van der Waals surface area (Å²) in [4.78, 5) is 11.6. The highest BCUT2D eigenvalue weighted by Crippen LogP contribution is 2.25. The summed E-state index contributed by atoms with van der Waals surface area (Å²) in [6.07, 6.45) is 2.74. The third-order valence-corrected chi connectivity index (χ3v) is 2.77. The lowest BCUT2D eigenvalue weighted by molar-refractivity contribution is -0.122. The standard InChI is InChI=1S/C14H29NO2/c1-6-12(16)7-8-15-13(17)9-11(2)10-14(3,4)5/h11-12,16H,6-10H2,1-5H3,(H,15,17). The lowest BCUT2D eigenvalue weighted by atomic mass is 9.84. The minimum atomic E-state index is -0.290. The molecule has 3 heteroatoms. The second-order valence-corrected chi connectivity index (χ2v) is 6.27. The maximum Gasteiger partial charge on any atom is 0.220 e. The Bertz CT molecular complexity index is 221. The molecule has 2 atom stereocenters. The van der Waals surface area contributed by atoms with E-state index in [1.165, 1.54) is 0 Å². The molecule has 102 valence electrons. The number of rotatable bonds is 7. The summed E-state index contributed by atoms with van der Waals surface area (Å²) in [5, 5.41) is 12.2. The number of carbonyl (C=O) groups is 1. The molecular formula is C14H29NO2. The lowest BCUT2D eigenvalue weighted by Crippen LogP contribution is -2.28. The van der Waals surface area contributed by atoms with Gasteiger partial charge in [-0.2, -0.15) is 0 Å². The number of carbonyl (C=O) groups excluding carboxylic acids is 1. The van der Waals surface area contributed by atoms with Gasteiger partial charge >= 0.3 is 0 Å². The molecule has 0 aliphatic carbocycles. The first-order chi connectivity index (χ1) is 7.74. The van der Waals surface area contributed by atoms with Crippen LogP contribution in [0.1, 0.15) is 60.3 Å². The van der Waals surface area contributed by atoms with Gasteiger partial charge in [-0.05, 0) is 30.6 Å². The van der Waals surface area contributed by atoms with Gasteiger partial charge in [0.1, 0.15) is 0 Å². The molecule has 0 saturated carbocycles. The van der Waals surface area contributed by atoms with E-state index < -0.39 is 0 Å². The maximum atomic E-state index is 11.6. The fraction of sp³-hybridized carbons (Fsp3) is 0.929. The Morgan fingerprint density at radius 2 is 1.94 bits per heavy atom. The van der Waals surface area contributed by atoms with E-state index in [9.17, 15) is 9.90 Å². The van der Waals surface area contributed by atoms with Gasteiger partial charge in [0.2, 0.25) is 5.91 Å². The lowest BCUT2D eigenvalue weighted by Gasteiger charge is -2.22. The summed E-state index contributed by atoms with van der Waals surface area (Å²) in [6, 6.07) is 0. The van der Waals surface area contributed by atoms with Crippen molar-refractivity contribution in [1.29, 1.82) is 0 Å². The zero-order chi connectivity index (χ0) is 13.5. The Hall–Kier alpha value is -0.570. The third kappa shape index (κ3) is 10.3. The average Bonchev–Trinajstić information content (AvgIpc) is 2.13. The maximum absolute atomic E-state index is 11.6. The van der Waals surface area contributed by atoms with E-state index >= 15 is 0 Å². The number of aliphatic hydroxyl groups excluding tert-OH is 1. The second kappa shape index (κ2) is 7.70. The summed E-state index contributed by atoms with van der Waals surface area (Å²) in [5.74, 6) is 0.510. The van der Waals surface area contributed by atoms with E-state index in [-0.39, 0.29) is 17.4 Å². The molecule has 0 heterocycles. The van der Waals surface area contributed by atoms with Gasteiger partial charge < -0.3 is 10.4 Å². The molecule has 0 radical (unpaired) electrons. The first-order valence-corrected chi connectivity index (χ1v) is 6.69. The van der Waals surface area contributed by atoms with Crippen LogP contribution >= 0.6 is 0 Å². The van der Waals surface area contributed by atoms with Crippen LogP contribution in [0.4, 0.5) is 0 Å². The molecule has 2 unspecified atom stereocenters. The van der Waals surface area contributed by atoms with Gasteiger partial charge in [-0.15, -0.1) is 0 Å². The van der Waals surface area contributed by atoms with Gasteiger partial charge in [-0.25, -0.2) is 0 Å². The van der Waals surface area contributed by atoms with E-state index in [1.54, 1.807) is 0 Å². The fourth-order valence-electron chi connectivity index (χ4n) is 2.09. The summed E-state index contributed by atoms with van der Waals surface area (Å²) in [6.45, 7) is 11.2. The van der Waals surface area contributed by atoms with Gasteiger partial charge in [-0.3, -0.25) is 4.79 Å². The zero-order valence-electron chi connectivity index (χ0n) is 12.0. The van der Waals surface area contributed by atoms with Crippen LogP contribution < -0.4 is 5.32 Å². The van der Waals surface area contributed by atoms with Crippen LogP contribution in [-0.2, 0) is 4.79 Å². The molecule has 0 aromatic heterocycles. The number of amides is 1. The van der Waals surface area contributed by atoms with Crippen LogP contribution in [0.15, 0.2) is 0 Å². The van der Waals surface area contributed by atoms with Gasteiger partial charge in [0, 0.05) is 13.0 Å². The van der Waals surface area contributed by atoms with Crippen LogP contribution in [0, 0.1) is 11.3 Å². The van der Waals surface area contributed by atoms with Crippen LogP contribution in [0.5, 0.6) is 0 Å². The molecule has 2 N–H and O–H groups in total. The highest BCUT2D eigenvalue weighted by Gasteiger charge is 2.17. The molecule has 0 saturated heterocycles. The Labute approximate surface area is 106 Å². The van der Waals surface area contributed by atoms with Crippen molar-refractivity contribution < 1.29 is 9.90 Å². The normalized spacial score (nSPS) is 15.4. The Kier molecular flexibility index (Phi) is 7.44. The van der Waals surface area contributed by atoms with E-state index in [0.717, 1.165) is 12.8 Å². The number of aliphatic hydroxyl groups is 1. The molecule has 1 amide bonds. The molecule has 0 spiro atoms. The SMILES string of the molecule is CCC(O)CCNC(=O)CC(C)CC(C)(C)C. The summed E-state index contributed by atoms with van der Waals surface area (Å²) in [5.41, 5.74) is 0.276. The van der Waals surface area contributed by atoms with Crippen molar-refractivity contribution in [2.45, 2.75) is 66.4 Å². The third-order valence-electron chi connectivity index (χ3n) is 2.77. The highest BCUT2D eigenvalue weighted by molar-refractivity contribution is 5.76. The van der Waals surface area contributed by atoms with Crippen LogP contribution in [0.2, 0.25) is 0 Å². The van der Waals surface area contributed by atoms with E-state index in [0.29, 0.717) is 25.3 Å². The zero-order valence-corrected chi connectivity index (χ0v) is 12.0. The number of hydrogen-bond acceptors (Lipinski definition) is 2. The molecule has 0 rings (SSSR count). The summed E-state index contributed by atoms with van der Waals surface area (Å²) in [7, 11) is 0. The Morgan fingerprint density at radius 3 is 2.41 bits per heavy atom. The monoisotopic (exact) mass is 243 g/mol. The summed E-state index contributed by atoms with van der Waals surface area (Å²) >= 11 is 0.